The third kappa shape index (κ3) is 4.85. The molecular formula is C41H44BrN. The fourth-order valence-electron chi connectivity index (χ4n) is 8.28. The Kier molecular flexibility index (Phi) is 7.63. The Bertz CT molecular complexity index is 1740. The lowest BCUT2D eigenvalue weighted by Crippen LogP contribution is -2.39. The Hall–Kier alpha value is -3.28. The lowest BCUT2D eigenvalue weighted by Gasteiger charge is -2.42. The molecule has 0 spiro atoms. The van der Waals surface area contributed by atoms with Gasteiger partial charge in [0.25, 0.3) is 0 Å². The number of allylic oxidation sites excluding steroid dienone is 16. The number of hydrogen-bond acceptors (Lipinski definition) is 1. The Morgan fingerprint density at radius 2 is 1.86 bits per heavy atom. The van der Waals surface area contributed by atoms with Gasteiger partial charge in [-0.05, 0) is 133 Å². The molecule has 0 amide bonds. The molecule has 1 aromatic carbocycles. The molecule has 0 aliphatic heterocycles. The highest BCUT2D eigenvalue weighted by Gasteiger charge is 2.40. The zero-order valence-corrected chi connectivity index (χ0v) is 28.5. The minimum absolute atomic E-state index is 0.0887. The smallest absolute Gasteiger partial charge is 0.0416 e. The maximum absolute atomic E-state index is 4.83. The highest BCUT2D eigenvalue weighted by molar-refractivity contribution is 9.11. The summed E-state index contributed by atoms with van der Waals surface area (Å²) in [6.07, 6.45) is 22.6. The molecule has 0 aromatic heterocycles. The molecular weight excluding hydrogens is 586 g/mol. The zero-order valence-electron chi connectivity index (χ0n) is 26.9. The molecule has 5 aliphatic carbocycles. The van der Waals surface area contributed by atoms with Crippen LogP contribution in [0.5, 0.6) is 0 Å². The van der Waals surface area contributed by atoms with Crippen molar-refractivity contribution in [2.24, 2.45) is 11.3 Å². The van der Waals surface area contributed by atoms with Gasteiger partial charge in [-0.15, -0.1) is 0 Å². The van der Waals surface area contributed by atoms with Crippen molar-refractivity contribution in [3.8, 4) is 0 Å². The second-order valence-corrected chi connectivity index (χ2v) is 14.6. The van der Waals surface area contributed by atoms with E-state index in [1.807, 2.05) is 0 Å². The van der Waals surface area contributed by atoms with Crippen LogP contribution in [-0.2, 0) is 5.41 Å². The summed E-state index contributed by atoms with van der Waals surface area (Å²) in [5, 5.41) is 0. The van der Waals surface area contributed by atoms with E-state index in [2.05, 4.69) is 148 Å². The second-order valence-electron chi connectivity index (χ2n) is 13.7. The minimum Gasteiger partial charge on any atom is -0.339 e. The van der Waals surface area contributed by atoms with Crippen LogP contribution in [0, 0.1) is 11.3 Å². The van der Waals surface area contributed by atoms with Crippen LogP contribution >= 0.6 is 15.9 Å². The highest BCUT2D eigenvalue weighted by Crippen LogP contribution is 2.52. The van der Waals surface area contributed by atoms with E-state index in [-0.39, 0.29) is 10.8 Å². The molecule has 2 atom stereocenters. The molecule has 220 valence electrons. The van der Waals surface area contributed by atoms with Crippen molar-refractivity contribution in [2.75, 3.05) is 4.90 Å². The van der Waals surface area contributed by atoms with E-state index < -0.39 is 0 Å². The Morgan fingerprint density at radius 1 is 1.09 bits per heavy atom. The minimum atomic E-state index is -0.0927. The van der Waals surface area contributed by atoms with Gasteiger partial charge in [0.05, 0.1) is 0 Å². The molecule has 1 nitrogen and oxygen atoms in total. The van der Waals surface area contributed by atoms with Crippen molar-refractivity contribution in [1.82, 2.24) is 0 Å². The molecule has 0 radical (unpaired) electrons. The summed E-state index contributed by atoms with van der Waals surface area (Å²) < 4.78 is 1.24. The summed E-state index contributed by atoms with van der Waals surface area (Å²) >= 11 is 3.73. The van der Waals surface area contributed by atoms with Crippen LogP contribution in [0.25, 0.3) is 5.57 Å². The third-order valence-corrected chi connectivity index (χ3v) is 11.1. The van der Waals surface area contributed by atoms with E-state index in [4.69, 9.17) is 6.58 Å². The van der Waals surface area contributed by atoms with Gasteiger partial charge in [-0.2, -0.15) is 0 Å². The fraction of sp³-hybridized carbons (Fsp3) is 0.366. The van der Waals surface area contributed by atoms with Gasteiger partial charge >= 0.3 is 0 Å². The van der Waals surface area contributed by atoms with Gasteiger partial charge in [0.1, 0.15) is 0 Å². The van der Waals surface area contributed by atoms with Crippen LogP contribution in [-0.4, -0.2) is 6.04 Å². The zero-order chi connectivity index (χ0) is 30.7. The van der Waals surface area contributed by atoms with Crippen molar-refractivity contribution in [1.29, 1.82) is 0 Å². The van der Waals surface area contributed by atoms with E-state index in [0.29, 0.717) is 12.0 Å². The molecule has 0 N–H and O–H groups in total. The van der Waals surface area contributed by atoms with Gasteiger partial charge in [-0.1, -0.05) is 97.6 Å². The molecule has 0 saturated heterocycles. The first-order valence-corrected chi connectivity index (χ1v) is 16.6. The van der Waals surface area contributed by atoms with Crippen LogP contribution in [0.3, 0.4) is 0 Å². The predicted molar refractivity (Wildman–Crippen MR) is 188 cm³/mol. The molecule has 0 bridgehead atoms. The van der Waals surface area contributed by atoms with Gasteiger partial charge < -0.3 is 4.90 Å². The molecule has 1 saturated carbocycles. The SMILES string of the molecule is C=C(C=C1/C(=C\C)C(C)=C(/C=C\C)C1(C)C)N(c1ccc2c(c1)C(C)(C)C1=C2C=C=C=C1)C1CCC2=CC(Br)=CCC2C1. The number of rotatable bonds is 5. The standard InChI is InChI=1S/C41H44BrN/c1-9-13-36-27(4)33(10-2)38(40(36,5)6)22-26(3)43(31-19-17-28-23-30(42)18-16-29(28)24-31)32-20-21-35-34-14-11-12-15-37(34)41(7,8)39(35)25-32/h9-10,13-15,18,20-23,25,29,31H,3,16-17,19,24H2,1-2,4-8H3/b13-9-,33-10-,38-22?. The number of nitrogens with zero attached hydrogens (tertiary/aromatic N) is 1. The maximum atomic E-state index is 4.83. The molecule has 0 heterocycles. The van der Waals surface area contributed by atoms with Crippen molar-refractivity contribution in [3.63, 3.8) is 0 Å². The lowest BCUT2D eigenvalue weighted by molar-refractivity contribution is 0.394. The van der Waals surface area contributed by atoms with Crippen LogP contribution in [0.4, 0.5) is 5.69 Å². The molecule has 2 heteroatoms. The van der Waals surface area contributed by atoms with Crippen LogP contribution in [0.1, 0.15) is 85.3 Å². The lowest BCUT2D eigenvalue weighted by atomic mass is 9.76. The van der Waals surface area contributed by atoms with Crippen LogP contribution in [0.2, 0.25) is 0 Å². The van der Waals surface area contributed by atoms with Gasteiger partial charge in [-0.3, -0.25) is 0 Å². The van der Waals surface area contributed by atoms with E-state index >= 15 is 0 Å². The van der Waals surface area contributed by atoms with Crippen molar-refractivity contribution in [2.45, 2.75) is 85.6 Å². The Morgan fingerprint density at radius 3 is 2.60 bits per heavy atom. The van der Waals surface area contributed by atoms with Gasteiger partial charge in [-0.25, -0.2) is 0 Å². The van der Waals surface area contributed by atoms with Gasteiger partial charge in [0.15, 0.2) is 0 Å². The average molecular weight is 631 g/mol. The maximum Gasteiger partial charge on any atom is 0.0416 e. The molecule has 1 fully saturated rings. The molecule has 5 aliphatic rings. The molecule has 6 rings (SSSR count). The summed E-state index contributed by atoms with van der Waals surface area (Å²) in [6, 6.07) is 7.50. The van der Waals surface area contributed by atoms with Gasteiger partial charge in [0, 0.05) is 32.7 Å². The number of anilines is 1. The molecule has 2 unspecified atom stereocenters. The summed E-state index contributed by atoms with van der Waals surface area (Å²) in [6.45, 7) is 20.8. The van der Waals surface area contributed by atoms with Crippen molar-refractivity contribution >= 4 is 27.2 Å². The summed E-state index contributed by atoms with van der Waals surface area (Å²) in [5.41, 5.74) is 20.9. The number of benzene rings is 1. The molecule has 43 heavy (non-hydrogen) atoms. The van der Waals surface area contributed by atoms with E-state index in [0.717, 1.165) is 31.4 Å². The average Bonchev–Trinajstić information content (AvgIpc) is 3.31. The highest BCUT2D eigenvalue weighted by atomic mass is 79.9. The quantitative estimate of drug-likeness (QED) is 0.293. The van der Waals surface area contributed by atoms with Crippen LogP contribution in [0.15, 0.2) is 128 Å². The number of hydrogen-bond donors (Lipinski definition) is 0. The molecule has 1 aromatic rings. The Balaban J connectivity index is 1.44. The first kappa shape index (κ1) is 29.8. The number of halogens is 1. The Labute approximate surface area is 267 Å². The summed E-state index contributed by atoms with van der Waals surface area (Å²) in [5.74, 6) is 0.587. The second kappa shape index (κ2) is 11.0. The predicted octanol–water partition coefficient (Wildman–Crippen LogP) is 11.5. The number of fused-ring (bicyclic) bond motifs is 3. The van der Waals surface area contributed by atoms with E-state index in [9.17, 15) is 0 Å². The topological polar surface area (TPSA) is 3.24 Å². The summed E-state index contributed by atoms with van der Waals surface area (Å²) in [4.78, 5) is 2.58. The van der Waals surface area contributed by atoms with E-state index in [1.54, 1.807) is 5.57 Å². The summed E-state index contributed by atoms with van der Waals surface area (Å²) in [7, 11) is 0. The van der Waals surface area contributed by atoms with Crippen molar-refractivity contribution in [3.05, 3.63) is 140 Å². The fourth-order valence-corrected chi connectivity index (χ4v) is 8.76. The monoisotopic (exact) mass is 629 g/mol. The first-order chi connectivity index (χ1) is 20.5. The van der Waals surface area contributed by atoms with Gasteiger partial charge in [0.2, 0.25) is 0 Å². The van der Waals surface area contributed by atoms with Crippen molar-refractivity contribution < 1.29 is 0 Å². The van der Waals surface area contributed by atoms with Crippen LogP contribution < -0.4 is 4.90 Å². The van der Waals surface area contributed by atoms with E-state index in [1.165, 1.54) is 54.7 Å². The largest absolute Gasteiger partial charge is 0.339 e. The first-order valence-electron chi connectivity index (χ1n) is 15.8. The third-order valence-electron chi connectivity index (χ3n) is 10.5. The normalized spacial score (nSPS) is 26.7.